The third-order valence-electron chi connectivity index (χ3n) is 3.21. The van der Waals surface area contributed by atoms with E-state index in [1.807, 2.05) is 30.3 Å². The monoisotopic (exact) mass is 349 g/mol. The fourth-order valence-electron chi connectivity index (χ4n) is 1.94. The van der Waals surface area contributed by atoms with Gasteiger partial charge in [-0.05, 0) is 24.6 Å². The van der Waals surface area contributed by atoms with Crippen molar-refractivity contribution >= 4 is 24.3 Å². The van der Waals surface area contributed by atoms with E-state index in [4.69, 9.17) is 10.5 Å². The van der Waals surface area contributed by atoms with Gasteiger partial charge in [-0.1, -0.05) is 30.3 Å². The Morgan fingerprint density at radius 3 is 2.50 bits per heavy atom. The van der Waals surface area contributed by atoms with Gasteiger partial charge in [-0.15, -0.1) is 12.4 Å². The first kappa shape index (κ1) is 19.6. The van der Waals surface area contributed by atoms with Crippen LogP contribution >= 0.6 is 12.4 Å². The maximum atomic E-state index is 12.0. The number of rotatable bonds is 6. The van der Waals surface area contributed by atoms with Crippen LogP contribution in [-0.2, 0) is 9.53 Å². The maximum Gasteiger partial charge on any atom is 0.339 e. The number of amides is 1. The van der Waals surface area contributed by atoms with Crippen LogP contribution < -0.4 is 11.1 Å². The van der Waals surface area contributed by atoms with E-state index in [1.54, 1.807) is 25.3 Å². The molecular formula is C17H20ClN3O3. The smallest absolute Gasteiger partial charge is 0.339 e. The van der Waals surface area contributed by atoms with E-state index >= 15 is 0 Å². The predicted molar refractivity (Wildman–Crippen MR) is 92.7 cm³/mol. The second kappa shape index (κ2) is 9.64. The first-order chi connectivity index (χ1) is 11.1. The second-order valence-corrected chi connectivity index (χ2v) is 5.10. The van der Waals surface area contributed by atoms with E-state index in [0.717, 1.165) is 5.56 Å². The van der Waals surface area contributed by atoms with Crippen molar-refractivity contribution in [3.8, 4) is 0 Å². The van der Waals surface area contributed by atoms with Crippen molar-refractivity contribution in [1.82, 2.24) is 10.3 Å². The Bertz CT molecular complexity index is 651. The van der Waals surface area contributed by atoms with Gasteiger partial charge in [-0.25, -0.2) is 4.79 Å². The Morgan fingerprint density at radius 1 is 1.21 bits per heavy atom. The number of carbonyl (C=O) groups is 2. The van der Waals surface area contributed by atoms with Crippen LogP contribution in [0.15, 0.2) is 54.9 Å². The number of esters is 1. The van der Waals surface area contributed by atoms with Gasteiger partial charge in [0, 0.05) is 12.4 Å². The average Bonchev–Trinajstić information content (AvgIpc) is 2.59. The van der Waals surface area contributed by atoms with Gasteiger partial charge in [0.1, 0.15) is 6.61 Å². The first-order valence-electron chi connectivity index (χ1n) is 7.26. The van der Waals surface area contributed by atoms with Gasteiger partial charge in [0.2, 0.25) is 5.91 Å². The molecule has 128 valence electrons. The molecule has 2 atom stereocenters. The van der Waals surface area contributed by atoms with E-state index in [9.17, 15) is 9.59 Å². The number of nitrogens with two attached hydrogens (primary N) is 1. The fraction of sp³-hybridized carbons (Fsp3) is 0.235. The summed E-state index contributed by atoms with van der Waals surface area (Å²) in [4.78, 5) is 27.7. The molecule has 0 fully saturated rings. The number of pyridine rings is 1. The molecule has 7 heteroatoms. The molecule has 0 radical (unpaired) electrons. The van der Waals surface area contributed by atoms with Crippen LogP contribution in [0.3, 0.4) is 0 Å². The topological polar surface area (TPSA) is 94.3 Å². The Morgan fingerprint density at radius 2 is 1.92 bits per heavy atom. The SMILES string of the molecule is C[C@@H](N)C(=O)N[C@H](COC(=O)c1cccnc1)c1ccccc1.Cl. The minimum Gasteiger partial charge on any atom is -0.459 e. The molecule has 24 heavy (non-hydrogen) atoms. The summed E-state index contributed by atoms with van der Waals surface area (Å²) >= 11 is 0. The molecule has 0 aliphatic rings. The van der Waals surface area contributed by atoms with E-state index in [1.165, 1.54) is 6.20 Å². The summed E-state index contributed by atoms with van der Waals surface area (Å²) in [6, 6.07) is 11.4. The van der Waals surface area contributed by atoms with E-state index in [2.05, 4.69) is 10.3 Å². The molecule has 0 saturated carbocycles. The third kappa shape index (κ3) is 5.64. The molecule has 2 rings (SSSR count). The summed E-state index contributed by atoms with van der Waals surface area (Å²) in [6.07, 6.45) is 3.01. The van der Waals surface area contributed by atoms with Crippen molar-refractivity contribution in [3.63, 3.8) is 0 Å². The predicted octanol–water partition coefficient (Wildman–Crippen LogP) is 1.86. The van der Waals surface area contributed by atoms with Gasteiger partial charge in [0.05, 0.1) is 17.6 Å². The van der Waals surface area contributed by atoms with E-state index < -0.39 is 18.1 Å². The Kier molecular flexibility index (Phi) is 7.88. The molecule has 1 aromatic heterocycles. The number of carbonyl (C=O) groups excluding carboxylic acids is 2. The van der Waals surface area contributed by atoms with Gasteiger partial charge in [-0.3, -0.25) is 9.78 Å². The standard InChI is InChI=1S/C17H19N3O3.ClH/c1-12(18)16(21)20-15(13-6-3-2-4-7-13)11-23-17(22)14-8-5-9-19-10-14;/h2-10,12,15H,11,18H2,1H3,(H,20,21);1H/t12-,15-;/m1./s1. The third-order valence-corrected chi connectivity index (χ3v) is 3.21. The highest BCUT2D eigenvalue weighted by Gasteiger charge is 2.19. The molecular weight excluding hydrogens is 330 g/mol. The summed E-state index contributed by atoms with van der Waals surface area (Å²) in [5, 5.41) is 2.78. The highest BCUT2D eigenvalue weighted by molar-refractivity contribution is 5.89. The molecule has 1 amide bonds. The van der Waals surface area contributed by atoms with Crippen molar-refractivity contribution in [2.75, 3.05) is 6.61 Å². The fourth-order valence-corrected chi connectivity index (χ4v) is 1.94. The van der Waals surface area contributed by atoms with Crippen LogP contribution in [0.4, 0.5) is 0 Å². The maximum absolute atomic E-state index is 12.0. The highest BCUT2D eigenvalue weighted by Crippen LogP contribution is 2.14. The zero-order valence-electron chi connectivity index (χ0n) is 13.2. The minimum absolute atomic E-state index is 0. The van der Waals surface area contributed by atoms with Crippen molar-refractivity contribution < 1.29 is 14.3 Å². The van der Waals surface area contributed by atoms with Crippen LogP contribution in [-0.4, -0.2) is 29.5 Å². The number of halogens is 1. The lowest BCUT2D eigenvalue weighted by molar-refractivity contribution is -0.123. The van der Waals surface area contributed by atoms with Crippen molar-refractivity contribution in [2.24, 2.45) is 5.73 Å². The lowest BCUT2D eigenvalue weighted by Gasteiger charge is -2.20. The van der Waals surface area contributed by atoms with Crippen LogP contribution in [0.5, 0.6) is 0 Å². The summed E-state index contributed by atoms with van der Waals surface area (Å²) in [7, 11) is 0. The van der Waals surface area contributed by atoms with Gasteiger partial charge in [-0.2, -0.15) is 0 Å². The number of benzene rings is 1. The van der Waals surface area contributed by atoms with Gasteiger partial charge in [0.15, 0.2) is 0 Å². The summed E-state index contributed by atoms with van der Waals surface area (Å²) in [5.74, 6) is -0.801. The molecule has 0 saturated heterocycles. The zero-order chi connectivity index (χ0) is 16.7. The number of hydrogen-bond donors (Lipinski definition) is 2. The lowest BCUT2D eigenvalue weighted by atomic mass is 10.1. The summed E-state index contributed by atoms with van der Waals surface area (Å²) in [6.45, 7) is 1.61. The van der Waals surface area contributed by atoms with Crippen LogP contribution in [0, 0.1) is 0 Å². The molecule has 1 heterocycles. The number of aromatic nitrogens is 1. The molecule has 0 unspecified atom stereocenters. The molecule has 6 nitrogen and oxygen atoms in total. The second-order valence-electron chi connectivity index (χ2n) is 5.10. The van der Waals surface area contributed by atoms with Crippen molar-refractivity contribution in [2.45, 2.75) is 19.0 Å². The zero-order valence-corrected chi connectivity index (χ0v) is 14.0. The molecule has 0 spiro atoms. The quantitative estimate of drug-likeness (QED) is 0.776. The van der Waals surface area contributed by atoms with Gasteiger partial charge in [0.25, 0.3) is 0 Å². The van der Waals surface area contributed by atoms with Crippen molar-refractivity contribution in [1.29, 1.82) is 0 Å². The van der Waals surface area contributed by atoms with Gasteiger partial charge >= 0.3 is 5.97 Å². The molecule has 0 aliphatic carbocycles. The Labute approximate surface area is 146 Å². The van der Waals surface area contributed by atoms with Crippen LogP contribution in [0.25, 0.3) is 0 Å². The van der Waals surface area contributed by atoms with Crippen LogP contribution in [0.1, 0.15) is 28.9 Å². The molecule has 0 bridgehead atoms. The number of hydrogen-bond acceptors (Lipinski definition) is 5. The summed E-state index contributed by atoms with van der Waals surface area (Å²) in [5.41, 5.74) is 6.77. The average molecular weight is 350 g/mol. The lowest BCUT2D eigenvalue weighted by Crippen LogP contribution is -2.41. The molecule has 2 aromatic rings. The minimum atomic E-state index is -0.643. The summed E-state index contributed by atoms with van der Waals surface area (Å²) < 4.78 is 5.29. The first-order valence-corrected chi connectivity index (χ1v) is 7.26. The van der Waals surface area contributed by atoms with E-state index in [0.29, 0.717) is 5.56 Å². The molecule has 1 aromatic carbocycles. The molecule has 3 N–H and O–H groups in total. The van der Waals surface area contributed by atoms with Gasteiger partial charge < -0.3 is 15.8 Å². The number of nitrogens with zero attached hydrogens (tertiary/aromatic N) is 1. The molecule has 0 aliphatic heterocycles. The number of nitrogens with one attached hydrogen (secondary N) is 1. The van der Waals surface area contributed by atoms with E-state index in [-0.39, 0.29) is 24.9 Å². The van der Waals surface area contributed by atoms with Crippen LogP contribution in [0.2, 0.25) is 0 Å². The van der Waals surface area contributed by atoms with Crippen molar-refractivity contribution in [3.05, 3.63) is 66.0 Å². The highest BCUT2D eigenvalue weighted by atomic mass is 35.5. The number of ether oxygens (including phenoxy) is 1. The Hall–Kier alpha value is -2.44. The largest absolute Gasteiger partial charge is 0.459 e. The Balaban J connectivity index is 0.00000288. The normalized spacial score (nSPS) is 12.4.